The minimum absolute atomic E-state index is 0.0329. The predicted molar refractivity (Wildman–Crippen MR) is 102 cm³/mol. The maximum Gasteiger partial charge on any atom is 0.173 e. The van der Waals surface area contributed by atoms with E-state index >= 15 is 0 Å². The van der Waals surface area contributed by atoms with E-state index in [9.17, 15) is 18.7 Å². The fraction of sp³-hybridized carbons (Fsp3) is 0.238. The summed E-state index contributed by atoms with van der Waals surface area (Å²) in [6, 6.07) is 12.3. The number of fused-ring (bicyclic) bond motifs is 1. The van der Waals surface area contributed by atoms with Gasteiger partial charge in [-0.15, -0.1) is 0 Å². The number of piperidine rings is 1. The van der Waals surface area contributed by atoms with E-state index in [0.717, 1.165) is 12.1 Å². The highest BCUT2D eigenvalue weighted by Crippen LogP contribution is 2.35. The molecule has 2 aromatic rings. The Morgan fingerprint density at radius 3 is 2.43 bits per heavy atom. The lowest BCUT2D eigenvalue weighted by Crippen LogP contribution is -2.42. The van der Waals surface area contributed by atoms with Crippen molar-refractivity contribution in [1.29, 1.82) is 0 Å². The monoisotopic (exact) mass is 383 g/mol. The quantitative estimate of drug-likeness (QED) is 0.628. The molecule has 0 spiro atoms. The normalized spacial score (nSPS) is 23.2. The van der Waals surface area contributed by atoms with Crippen molar-refractivity contribution in [3.05, 3.63) is 77.0 Å². The predicted octanol–water partition coefficient (Wildman–Crippen LogP) is 3.48. The van der Waals surface area contributed by atoms with Gasteiger partial charge in [0.1, 0.15) is 35.1 Å². The number of Topliss-reactive ketones (excluding diaryl/α,β-unsaturated/α-hetero) is 1. The van der Waals surface area contributed by atoms with Gasteiger partial charge in [-0.2, -0.15) is 0 Å². The fourth-order valence-corrected chi connectivity index (χ4v) is 3.84. The highest BCUT2D eigenvalue weighted by atomic mass is 19.1. The van der Waals surface area contributed by atoms with Crippen LogP contribution >= 0.6 is 0 Å². The Hall–Kier alpha value is -3.22. The average Bonchev–Trinajstić information content (AvgIpc) is 3.02. The second-order valence-corrected chi connectivity index (χ2v) is 6.95. The van der Waals surface area contributed by atoms with E-state index in [1.54, 1.807) is 29.2 Å². The summed E-state index contributed by atoms with van der Waals surface area (Å²) < 4.78 is 28.1. The van der Waals surface area contributed by atoms with E-state index in [4.69, 9.17) is 5.73 Å². The summed E-state index contributed by atoms with van der Waals surface area (Å²) in [4.78, 5) is 18.9. The van der Waals surface area contributed by atoms with Gasteiger partial charge in [0.2, 0.25) is 0 Å². The number of nitrogens with two attached hydrogens (primary N) is 1. The number of ketones is 1. The maximum atomic E-state index is 14.0. The molecule has 0 bridgehead atoms. The van der Waals surface area contributed by atoms with Crippen LogP contribution in [0.15, 0.2) is 59.2 Å². The van der Waals surface area contributed by atoms with Gasteiger partial charge in [0.25, 0.3) is 0 Å². The second kappa shape index (κ2) is 7.07. The number of carbonyl (C=O) groups excluding carboxylic acids is 1. The van der Waals surface area contributed by atoms with Gasteiger partial charge in [0.05, 0.1) is 5.56 Å². The Balaban J connectivity index is 1.65. The lowest BCUT2D eigenvalue weighted by molar-refractivity contribution is 0.0803. The minimum atomic E-state index is -0.868. The molecule has 2 aromatic carbocycles. The molecule has 0 aliphatic carbocycles. The zero-order valence-corrected chi connectivity index (χ0v) is 15.0. The van der Waals surface area contributed by atoms with Crippen LogP contribution in [-0.2, 0) is 0 Å². The van der Waals surface area contributed by atoms with Gasteiger partial charge >= 0.3 is 0 Å². The van der Waals surface area contributed by atoms with Crippen molar-refractivity contribution in [1.82, 2.24) is 4.90 Å². The van der Waals surface area contributed by atoms with Gasteiger partial charge in [0, 0.05) is 18.0 Å². The Morgan fingerprint density at radius 2 is 1.75 bits per heavy atom. The molecular formula is C21H19F2N3O2. The first kappa shape index (κ1) is 18.2. The molecular weight excluding hydrogens is 364 g/mol. The molecule has 0 saturated carbocycles. The number of aliphatic hydroxyl groups is 1. The number of amidine groups is 1. The van der Waals surface area contributed by atoms with Crippen molar-refractivity contribution in [3.63, 3.8) is 0 Å². The van der Waals surface area contributed by atoms with Crippen molar-refractivity contribution in [2.24, 2.45) is 16.6 Å². The fourth-order valence-electron chi connectivity index (χ4n) is 3.84. The molecule has 2 heterocycles. The molecule has 4 rings (SSSR count). The third kappa shape index (κ3) is 3.02. The van der Waals surface area contributed by atoms with Crippen molar-refractivity contribution < 1.29 is 18.7 Å². The van der Waals surface area contributed by atoms with Crippen LogP contribution in [0.5, 0.6) is 0 Å². The zero-order chi connectivity index (χ0) is 19.8. The van der Waals surface area contributed by atoms with Crippen molar-refractivity contribution in [2.45, 2.75) is 19.0 Å². The number of rotatable bonds is 3. The second-order valence-electron chi connectivity index (χ2n) is 6.95. The first-order valence-corrected chi connectivity index (χ1v) is 9.04. The van der Waals surface area contributed by atoms with Gasteiger partial charge in [-0.3, -0.25) is 4.79 Å². The number of halogens is 2. The number of hydrogen-bond donors (Lipinski definition) is 2. The molecule has 2 unspecified atom stereocenters. The zero-order valence-electron chi connectivity index (χ0n) is 15.0. The van der Waals surface area contributed by atoms with Gasteiger partial charge < -0.3 is 15.7 Å². The van der Waals surface area contributed by atoms with Crippen LogP contribution < -0.4 is 5.73 Å². The van der Waals surface area contributed by atoms with E-state index in [1.807, 2.05) is 6.07 Å². The van der Waals surface area contributed by atoms with Gasteiger partial charge in [-0.25, -0.2) is 13.8 Å². The maximum absolute atomic E-state index is 14.0. The molecule has 5 nitrogen and oxygen atoms in total. The standard InChI is InChI=1S/C21H19F2N3O2/c22-14-7-4-8-15(23)17(14)19(27)13-9-10-16-25-21(24)18(26(16)11-13)20(28)12-5-2-1-3-6-12/h1-8,13,16,28H,9-11H2,(H2,24,25)/b20-18+. The summed E-state index contributed by atoms with van der Waals surface area (Å²) in [6.07, 6.45) is 0.637. The summed E-state index contributed by atoms with van der Waals surface area (Å²) in [6.45, 7) is 0.174. The van der Waals surface area contributed by atoms with Gasteiger partial charge in [-0.1, -0.05) is 36.4 Å². The molecule has 1 saturated heterocycles. The number of hydrogen-bond acceptors (Lipinski definition) is 5. The van der Waals surface area contributed by atoms with Crippen molar-refractivity contribution in [2.75, 3.05) is 6.54 Å². The third-order valence-electron chi connectivity index (χ3n) is 5.22. The Kier molecular flexibility index (Phi) is 4.58. The highest BCUT2D eigenvalue weighted by Gasteiger charge is 2.40. The molecule has 7 heteroatoms. The van der Waals surface area contributed by atoms with Crippen LogP contribution in [0.3, 0.4) is 0 Å². The summed E-state index contributed by atoms with van der Waals surface area (Å²) in [5.41, 5.74) is 6.45. The summed E-state index contributed by atoms with van der Waals surface area (Å²) in [5, 5.41) is 10.7. The molecule has 0 aromatic heterocycles. The topological polar surface area (TPSA) is 78.9 Å². The summed E-state index contributed by atoms with van der Waals surface area (Å²) in [5.74, 6) is -2.79. The van der Waals surface area contributed by atoms with Gasteiger partial charge in [-0.05, 0) is 25.0 Å². The molecule has 0 radical (unpaired) electrons. The average molecular weight is 383 g/mol. The van der Waals surface area contributed by atoms with E-state index in [0.29, 0.717) is 24.1 Å². The molecule has 1 fully saturated rings. The number of benzene rings is 2. The van der Waals surface area contributed by atoms with E-state index in [2.05, 4.69) is 4.99 Å². The third-order valence-corrected chi connectivity index (χ3v) is 5.22. The summed E-state index contributed by atoms with van der Waals surface area (Å²) in [7, 11) is 0. The van der Waals surface area contributed by atoms with Crippen LogP contribution in [0.4, 0.5) is 8.78 Å². The Bertz CT molecular complexity index is 968. The van der Waals surface area contributed by atoms with Crippen LogP contribution in [0, 0.1) is 17.6 Å². The number of aliphatic imine (C=N–C) groups is 1. The molecule has 2 aliphatic heterocycles. The molecule has 144 valence electrons. The smallest absolute Gasteiger partial charge is 0.173 e. The van der Waals surface area contributed by atoms with E-state index < -0.39 is 28.9 Å². The molecule has 3 N–H and O–H groups in total. The Labute approximate surface area is 160 Å². The van der Waals surface area contributed by atoms with E-state index in [-0.39, 0.29) is 24.3 Å². The molecule has 28 heavy (non-hydrogen) atoms. The largest absolute Gasteiger partial charge is 0.505 e. The highest BCUT2D eigenvalue weighted by molar-refractivity contribution is 6.04. The number of nitrogens with zero attached hydrogens (tertiary/aromatic N) is 2. The van der Waals surface area contributed by atoms with Crippen molar-refractivity contribution in [3.8, 4) is 0 Å². The van der Waals surface area contributed by atoms with Crippen LogP contribution in [0.25, 0.3) is 5.76 Å². The van der Waals surface area contributed by atoms with Crippen LogP contribution in [-0.4, -0.2) is 34.3 Å². The molecule has 2 aliphatic rings. The van der Waals surface area contributed by atoms with Crippen molar-refractivity contribution >= 4 is 17.4 Å². The first-order chi connectivity index (χ1) is 13.5. The van der Waals surface area contributed by atoms with Crippen LogP contribution in [0.2, 0.25) is 0 Å². The lowest BCUT2D eigenvalue weighted by atomic mass is 9.88. The lowest BCUT2D eigenvalue weighted by Gasteiger charge is -2.35. The SMILES string of the molecule is NC1=NC2CCC(C(=O)c3c(F)cccc3F)CN2/C1=C(/O)c1ccccc1. The van der Waals surface area contributed by atoms with E-state index in [1.165, 1.54) is 6.07 Å². The van der Waals surface area contributed by atoms with Crippen LogP contribution in [0.1, 0.15) is 28.8 Å². The van der Waals surface area contributed by atoms with Gasteiger partial charge in [0.15, 0.2) is 5.78 Å². The molecule has 2 atom stereocenters. The molecule has 0 amide bonds. The minimum Gasteiger partial charge on any atom is -0.505 e. The summed E-state index contributed by atoms with van der Waals surface area (Å²) >= 11 is 0. The Morgan fingerprint density at radius 1 is 1.07 bits per heavy atom. The number of aliphatic hydroxyl groups excluding tert-OH is 1. The first-order valence-electron chi connectivity index (χ1n) is 9.04. The number of carbonyl (C=O) groups is 1.